The highest BCUT2D eigenvalue weighted by Crippen LogP contribution is 2.27. The topological polar surface area (TPSA) is 76.0 Å². The summed E-state index contributed by atoms with van der Waals surface area (Å²) in [5, 5.41) is 10.8. The second-order valence-corrected chi connectivity index (χ2v) is 5.67. The van der Waals surface area contributed by atoms with Crippen LogP contribution < -0.4 is 0 Å². The molecule has 1 N–H and O–H groups in total. The minimum atomic E-state index is -0.501. The molecule has 0 spiro atoms. The maximum absolute atomic E-state index is 12.5. The van der Waals surface area contributed by atoms with Crippen LogP contribution in [-0.2, 0) is 5.41 Å². The Hall–Kier alpha value is -2.43. The van der Waals surface area contributed by atoms with Crippen LogP contribution in [0.4, 0.5) is 5.69 Å². The number of non-ortho nitro benzene ring substituents is 1. The number of nitro benzene ring substituents is 1. The fourth-order valence-electron chi connectivity index (χ4n) is 2.09. The van der Waals surface area contributed by atoms with Gasteiger partial charge in [0, 0.05) is 35.7 Å². The summed E-state index contributed by atoms with van der Waals surface area (Å²) in [4.78, 5) is 25.7. The van der Waals surface area contributed by atoms with Gasteiger partial charge in [0.25, 0.3) is 5.69 Å². The zero-order chi connectivity index (χ0) is 14.9. The lowest BCUT2D eigenvalue weighted by molar-refractivity contribution is -0.384. The molecule has 20 heavy (non-hydrogen) atoms. The first-order valence-electron chi connectivity index (χ1n) is 6.27. The number of carbonyl (C=O) groups excluding carboxylic acids is 1. The second kappa shape index (κ2) is 4.92. The summed E-state index contributed by atoms with van der Waals surface area (Å²) < 4.78 is 0. The highest BCUT2D eigenvalue weighted by atomic mass is 16.6. The predicted octanol–water partition coefficient (Wildman–Crippen LogP) is 3.45. The van der Waals surface area contributed by atoms with Gasteiger partial charge in [-0.15, -0.1) is 0 Å². The van der Waals surface area contributed by atoms with E-state index < -0.39 is 4.92 Å². The lowest BCUT2D eigenvalue weighted by Crippen LogP contribution is -2.15. The monoisotopic (exact) mass is 272 g/mol. The van der Waals surface area contributed by atoms with E-state index in [1.807, 2.05) is 20.8 Å². The number of hydrogen-bond donors (Lipinski definition) is 1. The molecule has 0 saturated carbocycles. The average Bonchev–Trinajstić information content (AvgIpc) is 2.87. The molecule has 2 rings (SSSR count). The molecule has 0 amide bonds. The number of ketones is 1. The largest absolute Gasteiger partial charge is 0.367 e. The quantitative estimate of drug-likeness (QED) is 0.528. The molecule has 0 atom stereocenters. The molecule has 2 aromatic rings. The highest BCUT2D eigenvalue weighted by molar-refractivity contribution is 6.10. The molecule has 0 aliphatic rings. The van der Waals surface area contributed by atoms with Crippen molar-refractivity contribution in [2.24, 2.45) is 0 Å². The fraction of sp³-hybridized carbons (Fsp3) is 0.267. The Morgan fingerprint density at radius 3 is 2.55 bits per heavy atom. The Bertz CT molecular complexity index is 666. The Kier molecular flexibility index (Phi) is 3.44. The number of nitro groups is 1. The smallest absolute Gasteiger partial charge is 0.270 e. The standard InChI is InChI=1S/C15H16N2O3/c1-15(2,3)13-9-16-8-12(13)14(18)10-5-4-6-11(7-10)17(19)20/h4-9,16H,1-3H3. The van der Waals surface area contributed by atoms with Gasteiger partial charge < -0.3 is 4.98 Å². The molecular weight excluding hydrogens is 256 g/mol. The van der Waals surface area contributed by atoms with E-state index in [9.17, 15) is 14.9 Å². The molecule has 0 aliphatic heterocycles. The fourth-order valence-corrected chi connectivity index (χ4v) is 2.09. The van der Waals surface area contributed by atoms with E-state index in [1.165, 1.54) is 18.2 Å². The Morgan fingerprint density at radius 2 is 1.95 bits per heavy atom. The number of carbonyl (C=O) groups is 1. The molecule has 1 aromatic heterocycles. The molecule has 104 valence electrons. The van der Waals surface area contributed by atoms with Crippen LogP contribution in [0.25, 0.3) is 0 Å². The minimum absolute atomic E-state index is 0.0799. The third-order valence-corrected chi connectivity index (χ3v) is 3.12. The number of nitrogens with one attached hydrogen (secondary N) is 1. The molecule has 0 radical (unpaired) electrons. The van der Waals surface area contributed by atoms with Gasteiger partial charge in [-0.2, -0.15) is 0 Å². The van der Waals surface area contributed by atoms with Crippen LogP contribution in [0.15, 0.2) is 36.7 Å². The summed E-state index contributed by atoms with van der Waals surface area (Å²) in [6, 6.07) is 5.80. The minimum Gasteiger partial charge on any atom is -0.367 e. The van der Waals surface area contributed by atoms with Gasteiger partial charge in [-0.3, -0.25) is 14.9 Å². The van der Waals surface area contributed by atoms with Crippen LogP contribution >= 0.6 is 0 Å². The first-order valence-corrected chi connectivity index (χ1v) is 6.27. The van der Waals surface area contributed by atoms with Crippen molar-refractivity contribution < 1.29 is 9.72 Å². The van der Waals surface area contributed by atoms with Crippen molar-refractivity contribution in [1.82, 2.24) is 4.98 Å². The van der Waals surface area contributed by atoms with Crippen molar-refractivity contribution in [1.29, 1.82) is 0 Å². The van der Waals surface area contributed by atoms with Gasteiger partial charge in [-0.25, -0.2) is 0 Å². The molecule has 0 fully saturated rings. The lowest BCUT2D eigenvalue weighted by atomic mass is 9.84. The zero-order valence-electron chi connectivity index (χ0n) is 11.6. The van der Waals surface area contributed by atoms with Crippen molar-refractivity contribution in [3.63, 3.8) is 0 Å². The van der Waals surface area contributed by atoms with Crippen LogP contribution in [0.3, 0.4) is 0 Å². The number of hydrogen-bond acceptors (Lipinski definition) is 3. The van der Waals surface area contributed by atoms with Crippen molar-refractivity contribution in [3.05, 3.63) is 63.5 Å². The number of aromatic amines is 1. The molecule has 0 saturated heterocycles. The van der Waals surface area contributed by atoms with Crippen molar-refractivity contribution >= 4 is 11.5 Å². The molecule has 0 aliphatic carbocycles. The van der Waals surface area contributed by atoms with E-state index in [0.29, 0.717) is 11.1 Å². The van der Waals surface area contributed by atoms with E-state index in [1.54, 1.807) is 18.5 Å². The number of rotatable bonds is 3. The Balaban J connectivity index is 2.45. The van der Waals surface area contributed by atoms with E-state index in [2.05, 4.69) is 4.98 Å². The maximum Gasteiger partial charge on any atom is 0.270 e. The number of nitrogens with zero attached hydrogens (tertiary/aromatic N) is 1. The number of H-pyrrole nitrogens is 1. The Morgan fingerprint density at radius 1 is 1.25 bits per heavy atom. The van der Waals surface area contributed by atoms with Gasteiger partial charge in [0.1, 0.15) is 0 Å². The third-order valence-electron chi connectivity index (χ3n) is 3.12. The van der Waals surface area contributed by atoms with Crippen LogP contribution in [0, 0.1) is 10.1 Å². The van der Waals surface area contributed by atoms with Gasteiger partial charge >= 0.3 is 0 Å². The van der Waals surface area contributed by atoms with E-state index in [0.717, 1.165) is 5.56 Å². The summed E-state index contributed by atoms with van der Waals surface area (Å²) in [5.41, 5.74) is 1.52. The molecule has 0 bridgehead atoms. The van der Waals surface area contributed by atoms with Crippen LogP contribution in [0.1, 0.15) is 42.3 Å². The van der Waals surface area contributed by atoms with Crippen molar-refractivity contribution in [2.75, 3.05) is 0 Å². The van der Waals surface area contributed by atoms with Gasteiger partial charge in [0.15, 0.2) is 5.78 Å². The highest BCUT2D eigenvalue weighted by Gasteiger charge is 2.24. The molecule has 5 nitrogen and oxygen atoms in total. The predicted molar refractivity (Wildman–Crippen MR) is 76.0 cm³/mol. The molecule has 5 heteroatoms. The third kappa shape index (κ3) is 2.61. The first kappa shape index (κ1) is 14.0. The van der Waals surface area contributed by atoms with Crippen LogP contribution in [0.5, 0.6) is 0 Å². The molecule has 1 heterocycles. The number of benzene rings is 1. The van der Waals surface area contributed by atoms with Crippen LogP contribution in [-0.4, -0.2) is 15.7 Å². The van der Waals surface area contributed by atoms with Gasteiger partial charge in [-0.1, -0.05) is 32.9 Å². The molecule has 0 unspecified atom stereocenters. The summed E-state index contributed by atoms with van der Waals surface area (Å²) >= 11 is 0. The summed E-state index contributed by atoms with van der Waals surface area (Å²) in [6.45, 7) is 6.04. The second-order valence-electron chi connectivity index (χ2n) is 5.67. The van der Waals surface area contributed by atoms with E-state index in [4.69, 9.17) is 0 Å². The summed E-state index contributed by atoms with van der Waals surface area (Å²) in [5.74, 6) is -0.208. The van der Waals surface area contributed by atoms with Gasteiger partial charge in [0.05, 0.1) is 4.92 Å². The van der Waals surface area contributed by atoms with E-state index in [-0.39, 0.29) is 16.9 Å². The van der Waals surface area contributed by atoms with Gasteiger partial charge in [0.2, 0.25) is 0 Å². The lowest BCUT2D eigenvalue weighted by Gasteiger charge is -2.18. The van der Waals surface area contributed by atoms with Crippen molar-refractivity contribution in [3.8, 4) is 0 Å². The molecule has 1 aromatic carbocycles. The summed E-state index contributed by atoms with van der Waals surface area (Å²) in [7, 11) is 0. The summed E-state index contributed by atoms with van der Waals surface area (Å²) in [6.07, 6.45) is 3.44. The zero-order valence-corrected chi connectivity index (χ0v) is 11.6. The SMILES string of the molecule is CC(C)(C)c1c[nH]cc1C(=O)c1cccc([N+](=O)[O-])c1. The van der Waals surface area contributed by atoms with E-state index >= 15 is 0 Å². The number of aromatic nitrogens is 1. The molecular formula is C15H16N2O3. The average molecular weight is 272 g/mol. The first-order chi connectivity index (χ1) is 9.30. The normalized spacial score (nSPS) is 11.3. The van der Waals surface area contributed by atoms with Gasteiger partial charge in [-0.05, 0) is 11.0 Å². The van der Waals surface area contributed by atoms with Crippen LogP contribution in [0.2, 0.25) is 0 Å². The maximum atomic E-state index is 12.5. The van der Waals surface area contributed by atoms with Crippen molar-refractivity contribution in [2.45, 2.75) is 26.2 Å². The Labute approximate surface area is 116 Å².